The molecule has 0 spiro atoms. The van der Waals surface area contributed by atoms with Gasteiger partial charge in [0.2, 0.25) is 5.89 Å². The van der Waals surface area contributed by atoms with Gasteiger partial charge in [0.25, 0.3) is 11.1 Å². The summed E-state index contributed by atoms with van der Waals surface area (Å²) in [6.45, 7) is 3.93. The number of hydrogen-bond donors (Lipinski definition) is 0. The van der Waals surface area contributed by atoms with Gasteiger partial charge in [-0.1, -0.05) is 36.0 Å². The van der Waals surface area contributed by atoms with Crippen LogP contribution in [0.2, 0.25) is 0 Å². The lowest BCUT2D eigenvalue weighted by molar-refractivity contribution is 0.374. The highest BCUT2D eigenvalue weighted by Gasteiger charge is 2.20. The van der Waals surface area contributed by atoms with E-state index in [0.717, 1.165) is 12.0 Å². The molecule has 0 fully saturated rings. The highest BCUT2D eigenvalue weighted by Crippen LogP contribution is 2.36. The van der Waals surface area contributed by atoms with Crippen molar-refractivity contribution in [2.75, 3.05) is 7.11 Å². The number of thioether (sulfide) groups is 1. The highest BCUT2D eigenvalue weighted by atomic mass is 32.2. The molecular weight excluding hydrogens is 316 g/mol. The van der Waals surface area contributed by atoms with E-state index in [-0.39, 0.29) is 5.25 Å². The number of para-hydroxylation sites is 1. The van der Waals surface area contributed by atoms with Gasteiger partial charge < -0.3 is 13.7 Å². The predicted octanol–water partition coefficient (Wildman–Crippen LogP) is 3.54. The third-order valence-electron chi connectivity index (χ3n) is 3.17. The summed E-state index contributed by atoms with van der Waals surface area (Å²) in [6, 6.07) is 7.50. The second-order valence-corrected chi connectivity index (χ2v) is 6.03. The zero-order valence-electron chi connectivity index (χ0n) is 13.0. The maximum Gasteiger partial charge on any atom is 0.277 e. The third-order valence-corrected chi connectivity index (χ3v) is 4.09. The summed E-state index contributed by atoms with van der Waals surface area (Å²) >= 11 is 1.37. The van der Waals surface area contributed by atoms with Crippen LogP contribution in [0.15, 0.2) is 38.4 Å². The smallest absolute Gasteiger partial charge is 0.277 e. The molecule has 2 heterocycles. The Hall–Kier alpha value is -2.35. The summed E-state index contributed by atoms with van der Waals surface area (Å²) in [7, 11) is 1.60. The van der Waals surface area contributed by atoms with Crippen LogP contribution in [0.3, 0.4) is 0 Å². The Morgan fingerprint density at radius 1 is 1.26 bits per heavy atom. The molecule has 0 saturated heterocycles. The van der Waals surface area contributed by atoms with Crippen molar-refractivity contribution in [3.63, 3.8) is 0 Å². The maximum absolute atomic E-state index is 5.71. The molecule has 0 aliphatic carbocycles. The largest absolute Gasteiger partial charge is 0.496 e. The highest BCUT2D eigenvalue weighted by molar-refractivity contribution is 7.99. The lowest BCUT2D eigenvalue weighted by atomic mass is 10.2. The molecule has 3 aromatic rings. The first-order valence-electron chi connectivity index (χ1n) is 7.17. The van der Waals surface area contributed by atoms with Crippen LogP contribution in [0.4, 0.5) is 0 Å². The lowest BCUT2D eigenvalue weighted by Crippen LogP contribution is -1.90. The van der Waals surface area contributed by atoms with Gasteiger partial charge in [0.1, 0.15) is 5.75 Å². The average Bonchev–Trinajstić information content (AvgIpc) is 3.24. The third kappa shape index (κ3) is 3.37. The van der Waals surface area contributed by atoms with Crippen molar-refractivity contribution in [1.29, 1.82) is 0 Å². The summed E-state index contributed by atoms with van der Waals surface area (Å²) in [5, 5.41) is 12.4. The fourth-order valence-corrected chi connectivity index (χ4v) is 2.68. The van der Waals surface area contributed by atoms with E-state index in [1.54, 1.807) is 7.11 Å². The monoisotopic (exact) mass is 332 g/mol. The van der Waals surface area contributed by atoms with Gasteiger partial charge in [-0.05, 0) is 19.1 Å². The molecule has 0 aliphatic rings. The van der Waals surface area contributed by atoms with E-state index >= 15 is 0 Å². The van der Waals surface area contributed by atoms with Crippen molar-refractivity contribution in [3.05, 3.63) is 36.0 Å². The van der Waals surface area contributed by atoms with Gasteiger partial charge in [-0.2, -0.15) is 4.98 Å². The Morgan fingerprint density at radius 3 is 2.83 bits per heavy atom. The molecule has 7 nitrogen and oxygen atoms in total. The summed E-state index contributed by atoms with van der Waals surface area (Å²) in [5.41, 5.74) is 0.757. The van der Waals surface area contributed by atoms with E-state index in [1.165, 1.54) is 11.8 Å². The van der Waals surface area contributed by atoms with Crippen molar-refractivity contribution < 1.29 is 13.7 Å². The number of aryl methyl sites for hydroxylation is 1. The summed E-state index contributed by atoms with van der Waals surface area (Å²) in [5.74, 6) is 2.33. The zero-order chi connectivity index (χ0) is 16.2. The molecule has 0 bridgehead atoms. The van der Waals surface area contributed by atoms with Crippen molar-refractivity contribution in [3.8, 4) is 17.2 Å². The maximum atomic E-state index is 5.71. The number of ether oxygens (including phenoxy) is 1. The van der Waals surface area contributed by atoms with Gasteiger partial charge >= 0.3 is 0 Å². The Kier molecular flexibility index (Phi) is 4.61. The van der Waals surface area contributed by atoms with Crippen LogP contribution in [0.5, 0.6) is 5.75 Å². The van der Waals surface area contributed by atoms with Crippen molar-refractivity contribution in [2.24, 2.45) is 0 Å². The van der Waals surface area contributed by atoms with Crippen LogP contribution in [0.1, 0.15) is 30.8 Å². The van der Waals surface area contributed by atoms with Crippen LogP contribution in [0, 0.1) is 0 Å². The van der Waals surface area contributed by atoms with Gasteiger partial charge in [-0.15, -0.1) is 10.2 Å². The van der Waals surface area contributed by atoms with Crippen molar-refractivity contribution in [1.82, 2.24) is 20.3 Å². The average molecular weight is 332 g/mol. The van der Waals surface area contributed by atoms with E-state index < -0.39 is 0 Å². The Morgan fingerprint density at radius 2 is 2.09 bits per heavy atom. The first kappa shape index (κ1) is 15.5. The first-order chi connectivity index (χ1) is 11.2. The van der Waals surface area contributed by atoms with Crippen LogP contribution < -0.4 is 4.74 Å². The fraction of sp³-hybridized carbons (Fsp3) is 0.333. The number of nitrogens with zero attached hydrogens (tertiary/aromatic N) is 4. The summed E-state index contributed by atoms with van der Waals surface area (Å²) in [6.07, 6.45) is 0.736. The zero-order valence-corrected chi connectivity index (χ0v) is 13.8. The van der Waals surface area contributed by atoms with E-state index in [9.17, 15) is 0 Å². The number of hydrogen-bond acceptors (Lipinski definition) is 8. The lowest BCUT2D eigenvalue weighted by Gasteiger charge is -2.03. The minimum atomic E-state index is -0.0752. The minimum absolute atomic E-state index is 0.0752. The molecule has 1 unspecified atom stereocenters. The van der Waals surface area contributed by atoms with Crippen molar-refractivity contribution >= 4 is 11.8 Å². The molecule has 1 atom stereocenters. The second-order valence-electron chi connectivity index (χ2n) is 4.74. The first-order valence-corrected chi connectivity index (χ1v) is 8.05. The molecule has 0 N–H and O–H groups in total. The van der Waals surface area contributed by atoms with E-state index in [1.807, 2.05) is 38.1 Å². The molecule has 1 aromatic carbocycles. The number of rotatable bonds is 6. The standard InChI is InChI=1S/C15H16N4O3S/c1-4-12-16-13(22-19-12)9(2)23-15-18-17-14(21-15)10-7-5-6-8-11(10)20-3/h5-9H,4H2,1-3H3. The Balaban J connectivity index is 1.76. The molecule has 8 heteroatoms. The second kappa shape index (κ2) is 6.82. The molecular formula is C15H16N4O3S. The quantitative estimate of drug-likeness (QED) is 0.633. The molecule has 3 rings (SSSR count). The van der Waals surface area contributed by atoms with Crippen molar-refractivity contribution in [2.45, 2.75) is 30.7 Å². The summed E-state index contributed by atoms with van der Waals surface area (Å²) < 4.78 is 16.2. The van der Waals surface area contributed by atoms with Gasteiger partial charge in [-0.25, -0.2) is 0 Å². The number of methoxy groups -OCH3 is 1. The van der Waals surface area contributed by atoms with Gasteiger partial charge in [0.05, 0.1) is 17.9 Å². The van der Waals surface area contributed by atoms with E-state index in [4.69, 9.17) is 13.7 Å². The molecule has 120 valence electrons. The van der Waals surface area contributed by atoms with Crippen LogP contribution in [-0.4, -0.2) is 27.4 Å². The van der Waals surface area contributed by atoms with Crippen LogP contribution >= 0.6 is 11.8 Å². The summed E-state index contributed by atoms with van der Waals surface area (Å²) in [4.78, 5) is 4.31. The van der Waals surface area contributed by atoms with E-state index in [0.29, 0.717) is 28.6 Å². The van der Waals surface area contributed by atoms with Gasteiger partial charge in [0.15, 0.2) is 5.82 Å². The predicted molar refractivity (Wildman–Crippen MR) is 84.2 cm³/mol. The topological polar surface area (TPSA) is 87.1 Å². The Labute approximate surface area is 137 Å². The van der Waals surface area contributed by atoms with E-state index in [2.05, 4.69) is 20.3 Å². The van der Waals surface area contributed by atoms with Crippen LogP contribution in [0.25, 0.3) is 11.5 Å². The molecule has 0 radical (unpaired) electrons. The number of benzene rings is 1. The minimum Gasteiger partial charge on any atom is -0.496 e. The number of aromatic nitrogens is 4. The fourth-order valence-electron chi connectivity index (χ4n) is 1.97. The molecule has 0 aliphatic heterocycles. The molecule has 0 saturated carbocycles. The SMILES string of the molecule is CCc1noc(C(C)Sc2nnc(-c3ccccc3OC)o2)n1. The molecule has 23 heavy (non-hydrogen) atoms. The molecule has 0 amide bonds. The Bertz CT molecular complexity index is 786. The van der Waals surface area contributed by atoms with Gasteiger partial charge in [0, 0.05) is 6.42 Å². The molecule has 2 aromatic heterocycles. The normalized spacial score (nSPS) is 12.3. The van der Waals surface area contributed by atoms with Gasteiger partial charge in [-0.3, -0.25) is 0 Å². The van der Waals surface area contributed by atoms with Crippen LogP contribution in [-0.2, 0) is 6.42 Å².